The van der Waals surface area contributed by atoms with E-state index in [0.29, 0.717) is 5.56 Å². The number of amides is 2. The Bertz CT molecular complexity index is 1120. The molecule has 10 nitrogen and oxygen atoms in total. The van der Waals surface area contributed by atoms with Crippen molar-refractivity contribution in [3.05, 3.63) is 56.3 Å². The van der Waals surface area contributed by atoms with Crippen molar-refractivity contribution in [1.82, 2.24) is 15.2 Å². The summed E-state index contributed by atoms with van der Waals surface area (Å²) in [6.07, 6.45) is 3.27. The number of aliphatic carboxylic acids is 1. The molecule has 3 rings (SSSR count). The molecule has 0 atom stereocenters. The van der Waals surface area contributed by atoms with Gasteiger partial charge in [-0.1, -0.05) is 42.6 Å². The Kier molecular flexibility index (Phi) is 7.04. The summed E-state index contributed by atoms with van der Waals surface area (Å²) in [5.41, 5.74) is -2.20. The van der Waals surface area contributed by atoms with Crippen LogP contribution in [0.5, 0.6) is 11.6 Å². The Morgan fingerprint density at radius 1 is 1.06 bits per heavy atom. The zero-order chi connectivity index (χ0) is 23.4. The summed E-state index contributed by atoms with van der Waals surface area (Å²) in [5.74, 6) is -5.28. The van der Waals surface area contributed by atoms with Crippen LogP contribution in [0.4, 0.5) is 0 Å². The molecule has 0 radical (unpaired) electrons. The van der Waals surface area contributed by atoms with Gasteiger partial charge in [0.1, 0.15) is 17.7 Å². The zero-order valence-electron chi connectivity index (χ0n) is 16.9. The van der Waals surface area contributed by atoms with Crippen LogP contribution in [-0.2, 0) is 11.3 Å². The SMILES string of the molecule is O=C(O)CNC(=O)c1c(O)c(C(=O)NC2CCCC2)c(O)n(Cc2ccccc2Cl)c1=O. The monoisotopic (exact) mass is 463 g/mol. The number of hydrogen-bond donors (Lipinski definition) is 5. The number of aromatic nitrogens is 1. The molecule has 11 heteroatoms. The second-order valence-corrected chi connectivity index (χ2v) is 7.84. The lowest BCUT2D eigenvalue weighted by molar-refractivity contribution is -0.135. The van der Waals surface area contributed by atoms with Crippen LogP contribution in [0, 0.1) is 0 Å². The Balaban J connectivity index is 2.12. The van der Waals surface area contributed by atoms with E-state index < -0.39 is 52.6 Å². The van der Waals surface area contributed by atoms with Crippen LogP contribution in [0.3, 0.4) is 0 Å². The van der Waals surface area contributed by atoms with Crippen molar-refractivity contribution in [3.63, 3.8) is 0 Å². The maximum absolute atomic E-state index is 13.0. The van der Waals surface area contributed by atoms with Gasteiger partial charge in [-0.05, 0) is 24.5 Å². The molecule has 1 aromatic heterocycles. The van der Waals surface area contributed by atoms with Crippen molar-refractivity contribution in [3.8, 4) is 11.6 Å². The Hall–Kier alpha value is -3.53. The molecule has 2 amide bonds. The minimum atomic E-state index is -1.37. The molecule has 1 saturated carbocycles. The molecule has 1 aliphatic rings. The third kappa shape index (κ3) is 4.86. The predicted octanol–water partition coefficient (Wildman–Crippen LogP) is 1.45. The molecule has 0 unspecified atom stereocenters. The zero-order valence-corrected chi connectivity index (χ0v) is 17.7. The first-order valence-electron chi connectivity index (χ1n) is 9.93. The van der Waals surface area contributed by atoms with E-state index >= 15 is 0 Å². The molecule has 5 N–H and O–H groups in total. The van der Waals surface area contributed by atoms with Crippen molar-refractivity contribution in [2.45, 2.75) is 38.3 Å². The number of carbonyl (C=O) groups is 3. The van der Waals surface area contributed by atoms with Gasteiger partial charge in [0.15, 0.2) is 5.75 Å². The summed E-state index contributed by atoms with van der Waals surface area (Å²) in [7, 11) is 0. The smallest absolute Gasteiger partial charge is 0.322 e. The summed E-state index contributed by atoms with van der Waals surface area (Å²) in [6.45, 7) is -1.11. The predicted molar refractivity (Wildman–Crippen MR) is 114 cm³/mol. The van der Waals surface area contributed by atoms with Gasteiger partial charge in [-0.3, -0.25) is 23.7 Å². The first-order chi connectivity index (χ1) is 15.2. The normalized spacial score (nSPS) is 13.7. The average molecular weight is 464 g/mol. The Morgan fingerprint density at radius 3 is 2.34 bits per heavy atom. The standard InChI is InChI=1S/C21H22ClN3O7/c22-13-8-4-1-5-11(13)10-25-20(31)15(18(29)23-9-14(26)27)17(28)16(21(25)32)19(30)24-12-6-2-3-7-12/h1,4-5,8,12,28,32H,2-3,6-7,9-10H2,(H,23,29)(H,24,30)(H,26,27). The molecule has 1 aliphatic carbocycles. The fourth-order valence-electron chi connectivity index (χ4n) is 3.63. The highest BCUT2D eigenvalue weighted by Crippen LogP contribution is 2.30. The van der Waals surface area contributed by atoms with Gasteiger partial charge >= 0.3 is 5.97 Å². The lowest BCUT2D eigenvalue weighted by Crippen LogP contribution is -2.38. The van der Waals surface area contributed by atoms with Crippen LogP contribution in [0.1, 0.15) is 52.0 Å². The number of carbonyl (C=O) groups excluding carboxylic acids is 2. The molecule has 0 spiro atoms. The van der Waals surface area contributed by atoms with Crippen molar-refractivity contribution in [2.24, 2.45) is 0 Å². The van der Waals surface area contributed by atoms with Gasteiger partial charge in [0, 0.05) is 11.1 Å². The lowest BCUT2D eigenvalue weighted by atomic mass is 10.1. The van der Waals surface area contributed by atoms with E-state index in [1.807, 2.05) is 5.32 Å². The van der Waals surface area contributed by atoms with Crippen molar-refractivity contribution in [1.29, 1.82) is 0 Å². The second kappa shape index (κ2) is 9.73. The lowest BCUT2D eigenvalue weighted by Gasteiger charge is -2.18. The molecule has 170 valence electrons. The minimum absolute atomic E-state index is 0.172. The Labute approximate surface area is 187 Å². The number of carboxylic acids is 1. The van der Waals surface area contributed by atoms with Gasteiger partial charge in [0.25, 0.3) is 17.4 Å². The third-order valence-corrected chi connectivity index (χ3v) is 5.61. The molecular formula is C21H22ClN3O7. The number of pyridine rings is 1. The van der Waals surface area contributed by atoms with E-state index in [1.165, 1.54) is 0 Å². The summed E-state index contributed by atoms with van der Waals surface area (Å²) in [4.78, 5) is 49.2. The van der Waals surface area contributed by atoms with Crippen molar-refractivity contribution in [2.75, 3.05) is 6.54 Å². The van der Waals surface area contributed by atoms with Crippen LogP contribution < -0.4 is 16.2 Å². The van der Waals surface area contributed by atoms with Gasteiger partial charge in [0.2, 0.25) is 5.88 Å². The summed E-state index contributed by atoms with van der Waals surface area (Å²) in [6, 6.07) is 6.29. The van der Waals surface area contributed by atoms with E-state index in [-0.39, 0.29) is 17.6 Å². The molecule has 0 saturated heterocycles. The molecule has 1 aromatic carbocycles. The van der Waals surface area contributed by atoms with E-state index in [9.17, 15) is 29.4 Å². The van der Waals surface area contributed by atoms with Crippen molar-refractivity contribution >= 4 is 29.4 Å². The molecule has 1 heterocycles. The summed E-state index contributed by atoms with van der Waals surface area (Å²) < 4.78 is 0.736. The molecular weight excluding hydrogens is 442 g/mol. The molecule has 2 aromatic rings. The summed E-state index contributed by atoms with van der Waals surface area (Å²) >= 11 is 6.14. The average Bonchev–Trinajstić information content (AvgIpc) is 3.24. The quantitative estimate of drug-likeness (QED) is 0.415. The van der Waals surface area contributed by atoms with Gasteiger partial charge in [0.05, 0.1) is 6.54 Å². The van der Waals surface area contributed by atoms with Gasteiger partial charge in [-0.15, -0.1) is 0 Å². The van der Waals surface area contributed by atoms with Crippen LogP contribution >= 0.6 is 11.6 Å². The van der Waals surface area contributed by atoms with E-state index in [4.69, 9.17) is 16.7 Å². The summed E-state index contributed by atoms with van der Waals surface area (Å²) in [5, 5.41) is 35.1. The fraction of sp³-hybridized carbons (Fsp3) is 0.333. The number of halogens is 1. The van der Waals surface area contributed by atoms with Crippen LogP contribution in [0.15, 0.2) is 29.1 Å². The number of hydrogen-bond acceptors (Lipinski definition) is 6. The fourth-order valence-corrected chi connectivity index (χ4v) is 3.82. The highest BCUT2D eigenvalue weighted by atomic mass is 35.5. The molecule has 0 bridgehead atoms. The maximum Gasteiger partial charge on any atom is 0.322 e. The molecule has 0 aliphatic heterocycles. The number of nitrogens with one attached hydrogen (secondary N) is 2. The highest BCUT2D eigenvalue weighted by Gasteiger charge is 2.31. The highest BCUT2D eigenvalue weighted by molar-refractivity contribution is 6.31. The second-order valence-electron chi connectivity index (χ2n) is 7.44. The number of nitrogens with zero attached hydrogens (tertiary/aromatic N) is 1. The molecule has 1 fully saturated rings. The number of benzene rings is 1. The topological polar surface area (TPSA) is 158 Å². The van der Waals surface area contributed by atoms with Crippen LogP contribution in [0.25, 0.3) is 0 Å². The first-order valence-corrected chi connectivity index (χ1v) is 10.3. The maximum atomic E-state index is 13.0. The van der Waals surface area contributed by atoms with Gasteiger partial charge in [-0.25, -0.2) is 0 Å². The van der Waals surface area contributed by atoms with Gasteiger partial charge < -0.3 is 26.0 Å². The number of carboxylic acid groups (broad SMARTS) is 1. The number of aromatic hydroxyl groups is 2. The van der Waals surface area contributed by atoms with Gasteiger partial charge in [-0.2, -0.15) is 0 Å². The number of rotatable bonds is 7. The minimum Gasteiger partial charge on any atom is -0.506 e. The van der Waals surface area contributed by atoms with E-state index in [2.05, 4.69) is 5.32 Å². The molecule has 32 heavy (non-hydrogen) atoms. The van der Waals surface area contributed by atoms with Crippen molar-refractivity contribution < 1.29 is 29.7 Å². The van der Waals surface area contributed by atoms with Crippen LogP contribution in [0.2, 0.25) is 5.02 Å². The largest absolute Gasteiger partial charge is 0.506 e. The van der Waals surface area contributed by atoms with E-state index in [1.54, 1.807) is 24.3 Å². The Morgan fingerprint density at radius 2 is 1.72 bits per heavy atom. The van der Waals surface area contributed by atoms with E-state index in [0.717, 1.165) is 30.3 Å². The first kappa shape index (κ1) is 23.1. The van der Waals surface area contributed by atoms with Crippen LogP contribution in [-0.4, -0.2) is 50.3 Å². The third-order valence-electron chi connectivity index (χ3n) is 5.24.